The van der Waals surface area contributed by atoms with E-state index in [-0.39, 0.29) is 49.2 Å². The summed E-state index contributed by atoms with van der Waals surface area (Å²) in [5.74, 6) is -0.298. The van der Waals surface area contributed by atoms with Gasteiger partial charge in [-0.05, 0) is 66.5 Å². The monoisotopic (exact) mass is 1100 g/mol. The molecule has 0 amide bonds. The van der Waals surface area contributed by atoms with Gasteiger partial charge in [0.15, 0.2) is 0 Å². The molecule has 0 spiro atoms. The van der Waals surface area contributed by atoms with E-state index in [0.29, 0.717) is 73.8 Å². The molecule has 4 aromatic heterocycles. The Labute approximate surface area is 398 Å². The number of anilines is 2. The molecule has 0 saturated carbocycles. The van der Waals surface area contributed by atoms with Gasteiger partial charge in [-0.2, -0.15) is 4.52 Å². The summed E-state index contributed by atoms with van der Waals surface area (Å²) in [6.07, 6.45) is 8.32. The number of sulfone groups is 2. The average Bonchev–Trinajstić information content (AvgIpc) is 4.04. The predicted molar refractivity (Wildman–Crippen MR) is 257 cm³/mol. The fraction of sp³-hybridized carbons (Fsp3) is 0.487. The van der Waals surface area contributed by atoms with E-state index in [1.165, 1.54) is 67.6 Å². The lowest BCUT2D eigenvalue weighted by Crippen LogP contribution is -2.45. The van der Waals surface area contributed by atoms with Crippen LogP contribution in [0.1, 0.15) is 33.1 Å². The van der Waals surface area contributed by atoms with Gasteiger partial charge in [0.1, 0.15) is 46.5 Å². The van der Waals surface area contributed by atoms with E-state index in [1.807, 2.05) is 4.52 Å². The number of aliphatic hydroxyl groups excluding tert-OH is 2. The number of hydrogen-bond donors (Lipinski definition) is 4. The van der Waals surface area contributed by atoms with Gasteiger partial charge >= 0.3 is 7.12 Å². The minimum Gasteiger partial charge on any atom is -0.497 e. The molecule has 2 aliphatic heterocycles. The second-order valence-electron chi connectivity index (χ2n) is 15.9. The molecule has 0 aliphatic carbocycles. The summed E-state index contributed by atoms with van der Waals surface area (Å²) in [5.41, 5.74) is 0.417. The van der Waals surface area contributed by atoms with Gasteiger partial charge in [-0.15, -0.1) is 10.2 Å². The number of hydrogen-bond acceptors (Lipinski definition) is 18. The van der Waals surface area contributed by atoms with Crippen LogP contribution in [0.4, 0.5) is 19.0 Å². The van der Waals surface area contributed by atoms with E-state index in [1.54, 1.807) is 23.0 Å². The Morgan fingerprint density at radius 1 is 0.738 bits per heavy atom. The third kappa shape index (κ3) is 12.8. The molecule has 0 atom stereocenters. The lowest BCUT2D eigenvalue weighted by atomic mass is 9.79. The largest absolute Gasteiger partial charge is 0.497 e. The number of imidazole rings is 2. The van der Waals surface area contributed by atoms with Gasteiger partial charge < -0.3 is 39.5 Å². The number of rotatable bonds is 12. The smallest absolute Gasteiger partial charge is 0.492 e. The molecule has 2 saturated heterocycles. The molecule has 0 bridgehead atoms. The molecular formula is C39H52BF2IN8O10S4. The van der Waals surface area contributed by atoms with E-state index < -0.39 is 43.4 Å². The van der Waals surface area contributed by atoms with Crippen LogP contribution < -0.4 is 24.7 Å². The Kier molecular flexibility index (Phi) is 17.2. The van der Waals surface area contributed by atoms with Crippen LogP contribution in [0.3, 0.4) is 0 Å². The average molecular weight is 1100 g/mol. The van der Waals surface area contributed by atoms with Crippen molar-refractivity contribution in [1.29, 1.82) is 0 Å². The molecule has 356 valence electrons. The van der Waals surface area contributed by atoms with Gasteiger partial charge in [-0.3, -0.25) is 0 Å². The summed E-state index contributed by atoms with van der Waals surface area (Å²) >= 11 is 5.14. The summed E-state index contributed by atoms with van der Waals surface area (Å²) in [5, 5.41) is 48.0. The number of piperidine rings is 2. The summed E-state index contributed by atoms with van der Waals surface area (Å²) in [4.78, 5) is 14.5. The van der Waals surface area contributed by atoms with E-state index in [9.17, 15) is 35.8 Å². The van der Waals surface area contributed by atoms with Crippen molar-refractivity contribution in [2.75, 3.05) is 87.4 Å². The lowest BCUT2D eigenvalue weighted by Gasteiger charge is -2.40. The van der Waals surface area contributed by atoms with Gasteiger partial charge in [0.05, 0.1) is 43.8 Å². The van der Waals surface area contributed by atoms with Gasteiger partial charge in [-0.25, -0.2) is 40.1 Å². The van der Waals surface area contributed by atoms with Crippen molar-refractivity contribution in [3.8, 4) is 22.8 Å². The topological polar surface area (TPSA) is 235 Å². The van der Waals surface area contributed by atoms with Crippen molar-refractivity contribution in [2.24, 2.45) is 10.8 Å². The summed E-state index contributed by atoms with van der Waals surface area (Å²) in [7, 11) is -5.10. The van der Waals surface area contributed by atoms with Crippen molar-refractivity contribution in [2.45, 2.75) is 33.1 Å². The number of aliphatic hydroxyl groups is 2. The van der Waals surface area contributed by atoms with Gasteiger partial charge in [0.25, 0.3) is 0 Å². The van der Waals surface area contributed by atoms with Crippen molar-refractivity contribution in [1.82, 2.24) is 29.2 Å². The molecule has 2 aromatic carbocycles. The quantitative estimate of drug-likeness (QED) is 0.102. The number of ether oxygens (including phenoxy) is 2. The van der Waals surface area contributed by atoms with Crippen LogP contribution in [0.15, 0.2) is 48.8 Å². The highest BCUT2D eigenvalue weighted by Gasteiger charge is 2.39. The minimum atomic E-state index is -3.18. The van der Waals surface area contributed by atoms with E-state index in [2.05, 4.69) is 52.6 Å². The number of halogens is 3. The van der Waals surface area contributed by atoms with Crippen LogP contribution in [0.25, 0.3) is 21.2 Å². The molecule has 26 heteroatoms. The fourth-order valence-corrected chi connectivity index (χ4v) is 13.2. The molecule has 2 fully saturated rings. The maximum absolute atomic E-state index is 13.6. The van der Waals surface area contributed by atoms with Crippen molar-refractivity contribution >= 4 is 97.7 Å². The summed E-state index contributed by atoms with van der Waals surface area (Å²) in [6.45, 7) is 2.35. The van der Waals surface area contributed by atoms with Crippen LogP contribution >= 0.6 is 45.3 Å². The van der Waals surface area contributed by atoms with Crippen molar-refractivity contribution in [3.05, 3.63) is 64.1 Å². The minimum absolute atomic E-state index is 0. The zero-order valence-corrected chi connectivity index (χ0v) is 40.7. The molecule has 8 rings (SSSR count). The van der Waals surface area contributed by atoms with Gasteiger partial charge in [0.2, 0.25) is 20.2 Å². The molecule has 0 unspecified atom stereocenters. The molecule has 2 aliphatic rings. The van der Waals surface area contributed by atoms with Crippen LogP contribution in [0.2, 0.25) is 0 Å². The third-order valence-corrected chi connectivity index (χ3v) is 16.0. The maximum atomic E-state index is 13.6. The highest BCUT2D eigenvalue weighted by Crippen LogP contribution is 2.39. The van der Waals surface area contributed by atoms with Gasteiger partial charge in [0, 0.05) is 85.9 Å². The fourth-order valence-electron chi connectivity index (χ4n) is 7.71. The van der Waals surface area contributed by atoms with Crippen LogP contribution in [0.5, 0.6) is 11.5 Å². The van der Waals surface area contributed by atoms with E-state index >= 15 is 0 Å². The SMILES string of the molecule is C.COc1cc(F)ccc1-c1cnc2sc(N3CCC(CO)(CS(C)(=O)=O)CC3)nn12.COc1cc(F)ccc1B(O)O.CS(=O)(=O)CC1(CO)CCN(c2nn3c(I)cnc3s2)CC1. The lowest BCUT2D eigenvalue weighted by molar-refractivity contribution is 0.117. The first-order valence-electron chi connectivity index (χ1n) is 19.7. The number of nitrogens with zero attached hydrogens (tertiary/aromatic N) is 8. The Morgan fingerprint density at radius 2 is 1.18 bits per heavy atom. The Hall–Kier alpha value is -3.77. The third-order valence-electron chi connectivity index (χ3n) is 11.0. The number of benzene rings is 2. The first kappa shape index (κ1) is 52.2. The maximum Gasteiger partial charge on any atom is 0.492 e. The predicted octanol–water partition coefficient (Wildman–Crippen LogP) is 3.40. The normalized spacial score (nSPS) is 16.0. The van der Waals surface area contributed by atoms with E-state index in [4.69, 9.17) is 19.5 Å². The Balaban J connectivity index is 0.000000199. The molecule has 0 radical (unpaired) electrons. The van der Waals surface area contributed by atoms with Gasteiger partial charge in [-0.1, -0.05) is 36.2 Å². The van der Waals surface area contributed by atoms with Crippen molar-refractivity contribution < 1.29 is 55.4 Å². The second-order valence-corrected chi connectivity index (χ2v) is 23.2. The van der Waals surface area contributed by atoms with E-state index in [0.717, 1.165) is 31.1 Å². The number of aromatic nitrogens is 6. The van der Waals surface area contributed by atoms with Crippen LogP contribution in [0, 0.1) is 26.2 Å². The zero-order chi connectivity index (χ0) is 46.6. The molecule has 18 nitrogen and oxygen atoms in total. The molecular weight excluding hydrogens is 1040 g/mol. The highest BCUT2D eigenvalue weighted by atomic mass is 127. The highest BCUT2D eigenvalue weighted by molar-refractivity contribution is 14.1. The first-order chi connectivity index (χ1) is 30.2. The molecule has 65 heavy (non-hydrogen) atoms. The molecule has 6 heterocycles. The number of fused-ring (bicyclic) bond motifs is 2. The Morgan fingerprint density at radius 3 is 1.63 bits per heavy atom. The second kappa shape index (κ2) is 21.5. The van der Waals surface area contributed by atoms with Crippen LogP contribution in [-0.4, -0.2) is 151 Å². The molecule has 4 N–H and O–H groups in total. The standard InChI is InChI=1S/C19H23FN4O4S2.C12H17IN4O3S2.C7H8BFO3.CH4/c1-28-16-9-13(20)3-4-14(16)15-10-21-17-24(15)22-18(29-17)23-7-5-19(11-25,6-8-23)12-30(2,26)27;1-22(19,20)8-12(7-18)2-4-16(5-3-12)11-15-17-9(13)6-14-10(17)21-11;1-12-7-4-5(9)2-3-6(7)8(10)11;/h3-4,9-10,25H,5-8,11-12H2,1-2H3;6,18H,2-5,7-8H2,1H3;2-4,10-11H,1H3;1H4. The Bertz CT molecular complexity index is 2770. The summed E-state index contributed by atoms with van der Waals surface area (Å²) in [6, 6.07) is 7.82. The van der Waals surface area contributed by atoms with Crippen molar-refractivity contribution in [3.63, 3.8) is 0 Å². The first-order valence-corrected chi connectivity index (χ1v) is 26.5. The number of methoxy groups -OCH3 is 2. The zero-order valence-electron chi connectivity index (χ0n) is 35.3. The molecule has 6 aromatic rings. The van der Waals surface area contributed by atoms with Crippen LogP contribution in [-0.2, 0) is 19.7 Å². The summed E-state index contributed by atoms with van der Waals surface area (Å²) < 4.78 is 87.3.